The second kappa shape index (κ2) is 5.79. The average molecular weight is 338 g/mol. The molecule has 0 saturated carbocycles. The van der Waals surface area contributed by atoms with Crippen molar-refractivity contribution in [1.82, 2.24) is 4.89 Å². The van der Waals surface area contributed by atoms with Gasteiger partial charge >= 0.3 is 5.97 Å². The molecule has 0 spiro atoms. The second-order valence-corrected chi connectivity index (χ2v) is 5.84. The van der Waals surface area contributed by atoms with Gasteiger partial charge in [0.1, 0.15) is 0 Å². The van der Waals surface area contributed by atoms with Crippen LogP contribution in [-0.4, -0.2) is 26.1 Å². The summed E-state index contributed by atoms with van der Waals surface area (Å²) in [6.45, 7) is 3.39. The van der Waals surface area contributed by atoms with Gasteiger partial charge in [0.25, 0.3) is 10.0 Å². The van der Waals surface area contributed by atoms with Gasteiger partial charge in [-0.1, -0.05) is 4.89 Å². The Morgan fingerprint density at radius 1 is 1.50 bits per heavy atom. The average Bonchev–Trinajstić information content (AvgIpc) is 2.29. The van der Waals surface area contributed by atoms with Crippen molar-refractivity contribution in [3.8, 4) is 0 Å². The molecule has 0 unspecified atom stereocenters. The van der Waals surface area contributed by atoms with Gasteiger partial charge in [0.05, 0.1) is 17.1 Å². The number of carboxylic acid groups (broad SMARTS) is 1. The van der Waals surface area contributed by atoms with E-state index in [4.69, 9.17) is 5.11 Å². The molecule has 8 heteroatoms. The number of aromatic carboxylic acids is 1. The molecule has 0 saturated heterocycles. The maximum absolute atomic E-state index is 11.9. The third kappa shape index (κ3) is 3.29. The molecule has 0 atom stereocenters. The Morgan fingerprint density at radius 2 is 2.11 bits per heavy atom. The van der Waals surface area contributed by atoms with Gasteiger partial charge in [0, 0.05) is 4.47 Å². The van der Waals surface area contributed by atoms with Crippen LogP contribution >= 0.6 is 15.9 Å². The number of carboxylic acids is 1. The Bertz CT molecular complexity index is 570. The van der Waals surface area contributed by atoms with Crippen molar-refractivity contribution in [2.75, 3.05) is 6.61 Å². The van der Waals surface area contributed by atoms with Crippen molar-refractivity contribution in [2.24, 2.45) is 0 Å². The van der Waals surface area contributed by atoms with Crippen molar-refractivity contribution in [2.45, 2.75) is 18.7 Å². The van der Waals surface area contributed by atoms with E-state index < -0.39 is 16.0 Å². The van der Waals surface area contributed by atoms with Crippen LogP contribution in [0.2, 0.25) is 0 Å². The zero-order chi connectivity index (χ0) is 13.9. The van der Waals surface area contributed by atoms with E-state index in [1.807, 2.05) is 4.89 Å². The molecule has 1 rings (SSSR count). The van der Waals surface area contributed by atoms with Gasteiger partial charge in [0.2, 0.25) is 0 Å². The van der Waals surface area contributed by atoms with Crippen LogP contribution in [0.5, 0.6) is 0 Å². The highest BCUT2D eigenvalue weighted by atomic mass is 79.9. The minimum absolute atomic E-state index is 0.104. The van der Waals surface area contributed by atoms with E-state index in [9.17, 15) is 13.2 Å². The summed E-state index contributed by atoms with van der Waals surface area (Å²) >= 11 is 3.12. The standard InChI is InChI=1S/C10H12BrNO5S/c1-3-17-12-18(15,16)8-5-7(10(13)14)4-6(2)9(8)11/h4-5,12H,3H2,1-2H3,(H,13,14). The van der Waals surface area contributed by atoms with Crippen LogP contribution in [0.15, 0.2) is 21.5 Å². The Balaban J connectivity index is 3.35. The zero-order valence-corrected chi connectivity index (χ0v) is 12.1. The Labute approximate surface area is 113 Å². The van der Waals surface area contributed by atoms with Crippen LogP contribution in [0.25, 0.3) is 0 Å². The second-order valence-electron chi connectivity index (χ2n) is 3.43. The molecule has 0 aliphatic rings. The van der Waals surface area contributed by atoms with Crippen LogP contribution in [0.1, 0.15) is 22.8 Å². The molecule has 1 aromatic rings. The molecule has 0 aromatic heterocycles. The van der Waals surface area contributed by atoms with E-state index in [1.165, 1.54) is 6.07 Å². The summed E-state index contributed by atoms with van der Waals surface area (Å²) in [5, 5.41) is 8.90. The Morgan fingerprint density at radius 3 is 2.61 bits per heavy atom. The first-order valence-corrected chi connectivity index (χ1v) is 7.24. The molecule has 6 nitrogen and oxygen atoms in total. The molecule has 0 aliphatic heterocycles. The van der Waals surface area contributed by atoms with Crippen molar-refractivity contribution in [1.29, 1.82) is 0 Å². The lowest BCUT2D eigenvalue weighted by Gasteiger charge is -2.10. The Kier molecular flexibility index (Phi) is 4.85. The normalized spacial score (nSPS) is 11.5. The van der Waals surface area contributed by atoms with Crippen LogP contribution < -0.4 is 4.89 Å². The van der Waals surface area contributed by atoms with E-state index in [-0.39, 0.29) is 17.1 Å². The fourth-order valence-electron chi connectivity index (χ4n) is 1.24. The van der Waals surface area contributed by atoms with Gasteiger partial charge < -0.3 is 5.11 Å². The van der Waals surface area contributed by atoms with Crippen LogP contribution in [0.3, 0.4) is 0 Å². The lowest BCUT2D eigenvalue weighted by atomic mass is 10.1. The number of hydrogen-bond acceptors (Lipinski definition) is 4. The summed E-state index contributed by atoms with van der Waals surface area (Å²) in [4.78, 5) is 17.3. The quantitative estimate of drug-likeness (QED) is 0.797. The first kappa shape index (κ1) is 15.1. The number of carbonyl (C=O) groups is 1. The van der Waals surface area contributed by atoms with Gasteiger partial charge in [-0.3, -0.25) is 4.84 Å². The molecule has 2 N–H and O–H groups in total. The predicted molar refractivity (Wildman–Crippen MR) is 67.8 cm³/mol. The van der Waals surface area contributed by atoms with Gasteiger partial charge in [0.15, 0.2) is 0 Å². The molecule has 0 radical (unpaired) electrons. The molecule has 18 heavy (non-hydrogen) atoms. The highest BCUT2D eigenvalue weighted by Crippen LogP contribution is 2.27. The molecule has 0 heterocycles. The van der Waals surface area contributed by atoms with E-state index in [1.54, 1.807) is 13.8 Å². The van der Waals surface area contributed by atoms with Crippen molar-refractivity contribution >= 4 is 31.9 Å². The maximum atomic E-state index is 11.9. The number of aryl methyl sites for hydroxylation is 1. The molecular weight excluding hydrogens is 326 g/mol. The third-order valence-corrected chi connectivity index (χ3v) is 4.62. The van der Waals surface area contributed by atoms with Gasteiger partial charge in [-0.15, -0.1) is 0 Å². The fourth-order valence-corrected chi connectivity index (χ4v) is 3.15. The van der Waals surface area contributed by atoms with Gasteiger partial charge in [-0.25, -0.2) is 13.2 Å². The van der Waals surface area contributed by atoms with Crippen LogP contribution in [-0.2, 0) is 14.9 Å². The number of benzene rings is 1. The molecule has 0 amide bonds. The maximum Gasteiger partial charge on any atom is 0.335 e. The third-order valence-electron chi connectivity index (χ3n) is 2.07. The smallest absolute Gasteiger partial charge is 0.335 e. The summed E-state index contributed by atoms with van der Waals surface area (Å²) in [5.74, 6) is -1.20. The largest absolute Gasteiger partial charge is 0.478 e. The summed E-state index contributed by atoms with van der Waals surface area (Å²) in [6, 6.07) is 2.45. The number of hydrogen-bond donors (Lipinski definition) is 2. The van der Waals surface area contributed by atoms with Crippen LogP contribution in [0.4, 0.5) is 0 Å². The summed E-state index contributed by atoms with van der Waals surface area (Å²) in [7, 11) is -3.91. The van der Waals surface area contributed by atoms with Crippen molar-refractivity contribution < 1.29 is 23.2 Å². The lowest BCUT2D eigenvalue weighted by Crippen LogP contribution is -2.25. The van der Waals surface area contributed by atoms with Gasteiger partial charge in [-0.2, -0.15) is 0 Å². The SMILES string of the molecule is CCONS(=O)(=O)c1cc(C(=O)O)cc(C)c1Br. The summed E-state index contributed by atoms with van der Waals surface area (Å²) in [5.41, 5.74) is 0.402. The Hall–Kier alpha value is -0.960. The first-order valence-electron chi connectivity index (χ1n) is 4.96. The highest BCUT2D eigenvalue weighted by molar-refractivity contribution is 9.10. The molecule has 1 aromatic carbocycles. The summed E-state index contributed by atoms with van der Waals surface area (Å²) < 4.78 is 24.1. The minimum atomic E-state index is -3.91. The monoisotopic (exact) mass is 337 g/mol. The van der Waals surface area contributed by atoms with E-state index >= 15 is 0 Å². The number of halogens is 1. The fraction of sp³-hybridized carbons (Fsp3) is 0.300. The number of nitrogens with one attached hydrogen (secondary N) is 1. The molecule has 0 aliphatic carbocycles. The van der Waals surface area contributed by atoms with Crippen molar-refractivity contribution in [3.63, 3.8) is 0 Å². The molecule has 100 valence electrons. The van der Waals surface area contributed by atoms with E-state index in [0.29, 0.717) is 10.0 Å². The van der Waals surface area contributed by atoms with E-state index in [2.05, 4.69) is 20.8 Å². The minimum Gasteiger partial charge on any atom is -0.478 e. The van der Waals surface area contributed by atoms with Gasteiger partial charge in [-0.05, 0) is 47.5 Å². The first-order chi connectivity index (χ1) is 8.29. The lowest BCUT2D eigenvalue weighted by molar-refractivity contribution is 0.0696. The summed E-state index contributed by atoms with van der Waals surface area (Å²) in [6.07, 6.45) is 0. The predicted octanol–water partition coefficient (Wildman–Crippen LogP) is 1.69. The topological polar surface area (TPSA) is 92.7 Å². The highest BCUT2D eigenvalue weighted by Gasteiger charge is 2.21. The number of sulfonamides is 1. The van der Waals surface area contributed by atoms with Crippen molar-refractivity contribution in [3.05, 3.63) is 27.7 Å². The van der Waals surface area contributed by atoms with Crippen LogP contribution in [0, 0.1) is 6.92 Å². The molecular formula is C10H12BrNO5S. The molecule has 0 bridgehead atoms. The zero-order valence-electron chi connectivity index (χ0n) is 9.73. The molecule has 0 fully saturated rings. The number of rotatable bonds is 5. The van der Waals surface area contributed by atoms with E-state index in [0.717, 1.165) is 6.07 Å².